The molecule has 1 aliphatic carbocycles. The second-order valence-corrected chi connectivity index (χ2v) is 8.94. The molecule has 2 aliphatic rings. The highest BCUT2D eigenvalue weighted by molar-refractivity contribution is 6.03. The van der Waals surface area contributed by atoms with Gasteiger partial charge in [0, 0.05) is 18.3 Å². The zero-order valence-electron chi connectivity index (χ0n) is 19.7. The van der Waals surface area contributed by atoms with Crippen LogP contribution in [0, 0.1) is 12.7 Å². The number of amides is 2. The average Bonchev–Trinajstić information content (AvgIpc) is 3.18. The number of nitrogens with one attached hydrogen (secondary N) is 4. The lowest BCUT2D eigenvalue weighted by molar-refractivity contribution is 0.0966. The lowest BCUT2D eigenvalue weighted by Gasteiger charge is -2.33. The average molecular weight is 470 g/mol. The Balaban J connectivity index is 1.53. The smallest absolute Gasteiger partial charge is 0.407 e. The van der Waals surface area contributed by atoms with E-state index in [0.29, 0.717) is 41.6 Å². The van der Waals surface area contributed by atoms with Crippen LogP contribution in [-0.2, 0) is 11.3 Å². The molecule has 0 radical (unpaired) electrons. The number of pyridine rings is 1. The summed E-state index contributed by atoms with van der Waals surface area (Å²) in [6.07, 6.45) is 5.24. The predicted molar refractivity (Wildman–Crippen MR) is 129 cm³/mol. The van der Waals surface area contributed by atoms with Crippen LogP contribution in [0.25, 0.3) is 0 Å². The number of hydrogen-bond donors (Lipinski definition) is 4. The SMILES string of the molecule is CCCCOC(=O)N[C@H]1CCCC[C@H]1Nc1cc2c(c(Nc3ccc(F)c(C)c3)n1)C(=O)NC2. The van der Waals surface area contributed by atoms with Crippen molar-refractivity contribution in [3.05, 3.63) is 46.8 Å². The number of fused-ring (bicyclic) bond motifs is 1. The fraction of sp³-hybridized carbons (Fsp3) is 0.480. The standard InChI is InChI=1S/C25H32FN5O3/c1-3-4-11-34-25(33)30-20-8-6-5-7-19(20)29-21-13-16-14-27-24(32)22(16)23(31-21)28-17-9-10-18(26)15(2)12-17/h9-10,12-13,19-20H,3-8,11,14H2,1-2H3,(H,27,32)(H,30,33)(H2,28,29,31)/t19-,20+/m1/s1. The third-order valence-electron chi connectivity index (χ3n) is 6.32. The van der Waals surface area contributed by atoms with Crippen molar-refractivity contribution in [3.63, 3.8) is 0 Å². The summed E-state index contributed by atoms with van der Waals surface area (Å²) >= 11 is 0. The summed E-state index contributed by atoms with van der Waals surface area (Å²) in [5, 5.41) is 12.5. The Morgan fingerprint density at radius 1 is 1.24 bits per heavy atom. The molecule has 1 fully saturated rings. The Kier molecular flexibility index (Phi) is 7.49. The maximum atomic E-state index is 13.7. The Bertz CT molecular complexity index is 1060. The van der Waals surface area contributed by atoms with Gasteiger partial charge in [-0.15, -0.1) is 0 Å². The number of benzene rings is 1. The third kappa shape index (κ3) is 5.58. The van der Waals surface area contributed by atoms with Crippen LogP contribution >= 0.6 is 0 Å². The van der Waals surface area contributed by atoms with E-state index in [2.05, 4.69) is 33.2 Å². The minimum Gasteiger partial charge on any atom is -0.450 e. The van der Waals surface area contributed by atoms with E-state index >= 15 is 0 Å². The highest BCUT2D eigenvalue weighted by Crippen LogP contribution is 2.30. The zero-order chi connectivity index (χ0) is 24.1. The molecule has 0 bridgehead atoms. The van der Waals surface area contributed by atoms with E-state index in [0.717, 1.165) is 44.1 Å². The lowest BCUT2D eigenvalue weighted by atomic mass is 9.90. The second kappa shape index (κ2) is 10.7. The lowest BCUT2D eigenvalue weighted by Crippen LogP contribution is -2.48. The molecule has 1 aromatic heterocycles. The first-order valence-electron chi connectivity index (χ1n) is 12.0. The van der Waals surface area contributed by atoms with E-state index < -0.39 is 6.09 Å². The number of rotatable bonds is 8. The molecule has 0 spiro atoms. The number of anilines is 3. The van der Waals surface area contributed by atoms with Gasteiger partial charge in [-0.1, -0.05) is 26.2 Å². The van der Waals surface area contributed by atoms with Crippen molar-refractivity contribution in [2.24, 2.45) is 0 Å². The quantitative estimate of drug-likeness (QED) is 0.416. The summed E-state index contributed by atoms with van der Waals surface area (Å²) < 4.78 is 19.0. The second-order valence-electron chi connectivity index (χ2n) is 8.94. The number of carbonyl (C=O) groups is 2. The number of alkyl carbamates (subject to hydrolysis) is 1. The van der Waals surface area contributed by atoms with E-state index in [9.17, 15) is 14.0 Å². The summed E-state index contributed by atoms with van der Waals surface area (Å²) in [5.74, 6) is 0.554. The Hall–Kier alpha value is -3.36. The van der Waals surface area contributed by atoms with Crippen molar-refractivity contribution in [1.29, 1.82) is 0 Å². The molecule has 2 heterocycles. The summed E-state index contributed by atoms with van der Waals surface area (Å²) in [4.78, 5) is 29.4. The van der Waals surface area contributed by atoms with Gasteiger partial charge in [-0.05, 0) is 61.6 Å². The third-order valence-corrected chi connectivity index (χ3v) is 6.32. The number of aryl methyl sites for hydroxylation is 1. The van der Waals surface area contributed by atoms with Crippen LogP contribution in [0.3, 0.4) is 0 Å². The largest absolute Gasteiger partial charge is 0.450 e. The normalized spacial score (nSPS) is 19.2. The van der Waals surface area contributed by atoms with Gasteiger partial charge >= 0.3 is 6.09 Å². The molecule has 2 atom stereocenters. The maximum absolute atomic E-state index is 13.7. The van der Waals surface area contributed by atoms with Crippen molar-refractivity contribution >= 4 is 29.3 Å². The number of aromatic nitrogens is 1. The Morgan fingerprint density at radius 3 is 2.79 bits per heavy atom. The van der Waals surface area contributed by atoms with E-state index in [1.165, 1.54) is 6.07 Å². The highest BCUT2D eigenvalue weighted by atomic mass is 19.1. The van der Waals surface area contributed by atoms with Crippen LogP contribution in [0.5, 0.6) is 0 Å². The molecule has 8 nitrogen and oxygen atoms in total. The van der Waals surface area contributed by atoms with Gasteiger partial charge in [0.2, 0.25) is 0 Å². The van der Waals surface area contributed by atoms with Gasteiger partial charge in [0.15, 0.2) is 0 Å². The van der Waals surface area contributed by atoms with Crippen molar-refractivity contribution in [2.75, 3.05) is 17.2 Å². The van der Waals surface area contributed by atoms with Crippen molar-refractivity contribution in [3.8, 4) is 0 Å². The van der Waals surface area contributed by atoms with Crippen LogP contribution in [-0.4, -0.2) is 35.7 Å². The van der Waals surface area contributed by atoms with Crippen LogP contribution in [0.2, 0.25) is 0 Å². The van der Waals surface area contributed by atoms with E-state index in [-0.39, 0.29) is 23.8 Å². The topological polar surface area (TPSA) is 104 Å². The zero-order valence-corrected chi connectivity index (χ0v) is 19.7. The van der Waals surface area contributed by atoms with Crippen LogP contribution in [0.1, 0.15) is 66.9 Å². The minimum absolute atomic E-state index is 0.0102. The van der Waals surface area contributed by atoms with E-state index in [1.54, 1.807) is 19.1 Å². The highest BCUT2D eigenvalue weighted by Gasteiger charge is 2.29. The molecule has 1 aliphatic heterocycles. The van der Waals surface area contributed by atoms with E-state index in [4.69, 9.17) is 4.74 Å². The van der Waals surface area contributed by atoms with Gasteiger partial charge in [-0.3, -0.25) is 4.79 Å². The van der Waals surface area contributed by atoms with Crippen LogP contribution < -0.4 is 21.3 Å². The summed E-state index contributed by atoms with van der Waals surface area (Å²) in [5.41, 5.74) is 2.48. The first-order valence-corrected chi connectivity index (χ1v) is 12.0. The molecular formula is C25H32FN5O3. The van der Waals surface area contributed by atoms with Gasteiger partial charge in [0.05, 0.1) is 18.2 Å². The van der Waals surface area contributed by atoms with Crippen molar-refractivity contribution in [1.82, 2.24) is 15.6 Å². The molecule has 2 aromatic rings. The van der Waals surface area contributed by atoms with Gasteiger partial charge < -0.3 is 26.0 Å². The van der Waals surface area contributed by atoms with Gasteiger partial charge in [0.1, 0.15) is 17.5 Å². The van der Waals surface area contributed by atoms with Crippen LogP contribution in [0.4, 0.5) is 26.5 Å². The maximum Gasteiger partial charge on any atom is 0.407 e. The Morgan fingerprint density at radius 2 is 2.03 bits per heavy atom. The fourth-order valence-electron chi connectivity index (χ4n) is 4.45. The first kappa shape index (κ1) is 23.8. The summed E-state index contributed by atoms with van der Waals surface area (Å²) in [7, 11) is 0. The molecule has 4 rings (SSSR count). The predicted octanol–water partition coefficient (Wildman–Crippen LogP) is 4.77. The molecule has 1 aromatic carbocycles. The molecular weight excluding hydrogens is 437 g/mol. The number of halogens is 1. The number of nitrogens with zero attached hydrogens (tertiary/aromatic N) is 1. The van der Waals surface area contributed by atoms with Crippen LogP contribution in [0.15, 0.2) is 24.3 Å². The summed E-state index contributed by atoms with van der Waals surface area (Å²) in [6, 6.07) is 6.48. The molecule has 9 heteroatoms. The van der Waals surface area contributed by atoms with E-state index in [1.807, 2.05) is 6.07 Å². The molecule has 0 unspecified atom stereocenters. The molecule has 4 N–H and O–H groups in total. The molecule has 0 saturated heterocycles. The summed E-state index contributed by atoms with van der Waals surface area (Å²) in [6.45, 7) is 4.57. The van der Waals surface area contributed by atoms with Gasteiger partial charge in [0.25, 0.3) is 5.91 Å². The number of ether oxygens (including phenoxy) is 1. The van der Waals surface area contributed by atoms with Crippen molar-refractivity contribution < 1.29 is 18.7 Å². The van der Waals surface area contributed by atoms with Gasteiger partial charge in [-0.25, -0.2) is 14.2 Å². The molecule has 182 valence electrons. The first-order chi connectivity index (χ1) is 16.4. The Labute approximate surface area is 199 Å². The monoisotopic (exact) mass is 469 g/mol. The number of hydrogen-bond acceptors (Lipinski definition) is 6. The van der Waals surface area contributed by atoms with Gasteiger partial charge in [-0.2, -0.15) is 0 Å². The molecule has 1 saturated carbocycles. The minimum atomic E-state index is -0.391. The number of carbonyl (C=O) groups excluding carboxylic acids is 2. The fourth-order valence-corrected chi connectivity index (χ4v) is 4.45. The van der Waals surface area contributed by atoms with Crippen molar-refractivity contribution in [2.45, 2.75) is 71.0 Å². The number of unbranched alkanes of at least 4 members (excludes halogenated alkanes) is 1. The molecule has 34 heavy (non-hydrogen) atoms. The molecule has 2 amide bonds.